The smallest absolute Gasteiger partial charge is 0.462 e. The van der Waals surface area contributed by atoms with Crippen LogP contribution in [0.25, 0.3) is 0 Å². The molecule has 0 spiro atoms. The quantitative estimate of drug-likeness (QED) is 0.0197. The molecule has 0 radical (unpaired) electrons. The molecule has 456 valence electrons. The lowest BCUT2D eigenvalue weighted by Gasteiger charge is -2.21. The van der Waals surface area contributed by atoms with E-state index in [4.69, 9.17) is 23.3 Å². The van der Waals surface area contributed by atoms with E-state index in [0.717, 1.165) is 167 Å². The van der Waals surface area contributed by atoms with Crippen LogP contribution >= 0.6 is 7.82 Å². The molecule has 0 rings (SSSR count). The van der Waals surface area contributed by atoms with Crippen molar-refractivity contribution in [1.82, 2.24) is 0 Å². The van der Waals surface area contributed by atoms with Crippen molar-refractivity contribution in [1.29, 1.82) is 0 Å². The zero-order valence-electron chi connectivity index (χ0n) is 50.5. The van der Waals surface area contributed by atoms with Crippen LogP contribution in [0.1, 0.15) is 252 Å². The highest BCUT2D eigenvalue weighted by Crippen LogP contribution is 2.43. The summed E-state index contributed by atoms with van der Waals surface area (Å²) in [5.41, 5.74) is 0. The number of aliphatic hydroxyl groups is 1. The standard InChI is InChI=1S/C68H113O11P/c1-4-7-10-13-16-19-22-25-28-31-32-35-38-41-44-47-50-53-56-59-68(72)79-65(61-75-66(70)57-54-51-48-45-42-39-36-33-29-26-23-20-17-14-11-8-5-2)63-77-80(73,74)76-62-64(60-69)78-67(71)58-55-52-49-46-43-40-37-34-30-27-24-21-18-15-12-9-6-3/h7-12,16-21,25-30,32,35,64-65,69H,4-6,13-15,22-24,31,33-34,36-63H2,1-3H3,(H,73,74)/b10-7-,11-8-,12-9-,19-16-,20-17-,21-18-,28-25-,29-26-,30-27-,35-32-. The van der Waals surface area contributed by atoms with Gasteiger partial charge in [0.25, 0.3) is 0 Å². The van der Waals surface area contributed by atoms with E-state index in [1.54, 1.807) is 0 Å². The normalized spacial score (nSPS) is 14.1. The molecule has 0 aromatic rings. The number of phosphoric ester groups is 1. The fourth-order valence-electron chi connectivity index (χ4n) is 8.20. The number of phosphoric acid groups is 1. The zero-order valence-corrected chi connectivity index (χ0v) is 51.4. The van der Waals surface area contributed by atoms with Gasteiger partial charge in [-0.15, -0.1) is 0 Å². The van der Waals surface area contributed by atoms with E-state index >= 15 is 0 Å². The van der Waals surface area contributed by atoms with Crippen LogP contribution in [0.5, 0.6) is 0 Å². The highest BCUT2D eigenvalue weighted by Gasteiger charge is 2.28. The highest BCUT2D eigenvalue weighted by molar-refractivity contribution is 7.47. The SMILES string of the molecule is CC/C=C\C/C=C\C/C=C\C/C=C\CCCCCCCCC(=O)OC(COC(=O)CCCCCCCCC/C=C\C/C=C\C/C=C\CC)COP(=O)(O)OCC(CO)OC(=O)CCCCCCCCC/C=C\C/C=C\C/C=C\CC. The van der Waals surface area contributed by atoms with Gasteiger partial charge in [-0.1, -0.05) is 232 Å². The molecule has 0 saturated carbocycles. The molecule has 0 aliphatic heterocycles. The van der Waals surface area contributed by atoms with Gasteiger partial charge in [0.1, 0.15) is 12.7 Å². The van der Waals surface area contributed by atoms with E-state index in [9.17, 15) is 28.9 Å². The van der Waals surface area contributed by atoms with E-state index in [-0.39, 0.29) is 25.9 Å². The van der Waals surface area contributed by atoms with Gasteiger partial charge in [-0.2, -0.15) is 0 Å². The van der Waals surface area contributed by atoms with Crippen molar-refractivity contribution < 1.29 is 52.2 Å². The Kier molecular flexibility index (Phi) is 57.8. The number of unbranched alkanes of at least 4 members (excludes halogenated alkanes) is 20. The number of hydrogen-bond acceptors (Lipinski definition) is 10. The third-order valence-corrected chi connectivity index (χ3v) is 13.8. The molecule has 3 atom stereocenters. The number of ether oxygens (including phenoxy) is 3. The summed E-state index contributed by atoms with van der Waals surface area (Å²) < 4.78 is 39.7. The lowest BCUT2D eigenvalue weighted by molar-refractivity contribution is -0.161. The third-order valence-electron chi connectivity index (χ3n) is 12.9. The molecule has 0 fully saturated rings. The summed E-state index contributed by atoms with van der Waals surface area (Å²) >= 11 is 0. The Labute approximate surface area is 487 Å². The lowest BCUT2D eigenvalue weighted by Crippen LogP contribution is -2.30. The van der Waals surface area contributed by atoms with Gasteiger partial charge < -0.3 is 24.2 Å². The van der Waals surface area contributed by atoms with E-state index in [1.807, 2.05) is 0 Å². The van der Waals surface area contributed by atoms with Crippen molar-refractivity contribution in [3.8, 4) is 0 Å². The first kappa shape index (κ1) is 75.9. The monoisotopic (exact) mass is 1140 g/mol. The molecule has 0 aromatic heterocycles. The van der Waals surface area contributed by atoms with E-state index in [1.165, 1.54) is 25.7 Å². The number of aliphatic hydroxyl groups excluding tert-OH is 1. The summed E-state index contributed by atoms with van der Waals surface area (Å²) in [6.07, 6.45) is 75.7. The second kappa shape index (κ2) is 61.0. The van der Waals surface area contributed by atoms with Crippen molar-refractivity contribution in [3.63, 3.8) is 0 Å². The van der Waals surface area contributed by atoms with Crippen LogP contribution in [0.2, 0.25) is 0 Å². The topological polar surface area (TPSA) is 155 Å². The molecule has 80 heavy (non-hydrogen) atoms. The first-order chi connectivity index (χ1) is 39.2. The largest absolute Gasteiger partial charge is 0.472 e. The minimum absolute atomic E-state index is 0.143. The van der Waals surface area contributed by atoms with Crippen molar-refractivity contribution >= 4 is 25.7 Å². The van der Waals surface area contributed by atoms with Gasteiger partial charge in [-0.05, 0) is 122 Å². The van der Waals surface area contributed by atoms with Gasteiger partial charge in [-0.3, -0.25) is 23.4 Å². The molecule has 0 bridgehead atoms. The third kappa shape index (κ3) is 58.5. The number of allylic oxidation sites excluding steroid dienone is 20. The molecule has 0 amide bonds. The molecule has 11 nitrogen and oxygen atoms in total. The fraction of sp³-hybridized carbons (Fsp3) is 0.662. The summed E-state index contributed by atoms with van der Waals surface area (Å²) in [5, 5.41) is 9.85. The van der Waals surface area contributed by atoms with Gasteiger partial charge >= 0.3 is 25.7 Å². The number of carbonyl (C=O) groups is 3. The minimum Gasteiger partial charge on any atom is -0.462 e. The molecule has 0 aliphatic carbocycles. The second-order valence-electron chi connectivity index (χ2n) is 20.4. The van der Waals surface area contributed by atoms with Crippen LogP contribution in [0.3, 0.4) is 0 Å². The molecule has 0 saturated heterocycles. The fourth-order valence-corrected chi connectivity index (χ4v) is 8.98. The number of carbonyl (C=O) groups excluding carboxylic acids is 3. The maximum Gasteiger partial charge on any atom is 0.472 e. The van der Waals surface area contributed by atoms with Crippen molar-refractivity contribution in [2.45, 2.75) is 264 Å². The number of esters is 3. The van der Waals surface area contributed by atoms with Gasteiger partial charge in [0.2, 0.25) is 0 Å². The average molecular weight is 1140 g/mol. The van der Waals surface area contributed by atoms with Crippen LogP contribution in [-0.2, 0) is 42.2 Å². The van der Waals surface area contributed by atoms with E-state index < -0.39 is 57.8 Å². The molecule has 0 heterocycles. The first-order valence-corrected chi connectivity index (χ1v) is 32.9. The van der Waals surface area contributed by atoms with Crippen molar-refractivity contribution in [3.05, 3.63) is 122 Å². The van der Waals surface area contributed by atoms with Crippen molar-refractivity contribution in [2.75, 3.05) is 26.4 Å². The predicted molar refractivity (Wildman–Crippen MR) is 334 cm³/mol. The number of hydrogen-bond donors (Lipinski definition) is 2. The van der Waals surface area contributed by atoms with Gasteiger partial charge in [-0.25, -0.2) is 4.57 Å². The van der Waals surface area contributed by atoms with Crippen molar-refractivity contribution in [2.24, 2.45) is 0 Å². The Bertz CT molecular complexity index is 1800. The predicted octanol–water partition coefficient (Wildman–Crippen LogP) is 19.1. The van der Waals surface area contributed by atoms with Crippen LogP contribution in [0, 0.1) is 0 Å². The maximum absolute atomic E-state index is 13.0. The number of rotatable bonds is 57. The maximum atomic E-state index is 13.0. The lowest BCUT2D eigenvalue weighted by atomic mass is 10.1. The zero-order chi connectivity index (χ0) is 58.3. The molecule has 12 heteroatoms. The molecule has 3 unspecified atom stereocenters. The van der Waals surface area contributed by atoms with E-state index in [0.29, 0.717) is 19.3 Å². The summed E-state index contributed by atoms with van der Waals surface area (Å²) in [5.74, 6) is -1.51. The highest BCUT2D eigenvalue weighted by atomic mass is 31.2. The summed E-state index contributed by atoms with van der Waals surface area (Å²) in [4.78, 5) is 48.8. The second-order valence-corrected chi connectivity index (χ2v) is 21.9. The molecular weight excluding hydrogens is 1020 g/mol. The molecule has 0 aromatic carbocycles. The summed E-state index contributed by atoms with van der Waals surface area (Å²) in [6.45, 7) is 4.28. The first-order valence-electron chi connectivity index (χ1n) is 31.4. The van der Waals surface area contributed by atoms with Crippen LogP contribution in [0.15, 0.2) is 122 Å². The Morgan fingerprint density at radius 2 is 0.613 bits per heavy atom. The Balaban J connectivity index is 4.76. The summed E-state index contributed by atoms with van der Waals surface area (Å²) in [7, 11) is -4.77. The van der Waals surface area contributed by atoms with Crippen LogP contribution in [0.4, 0.5) is 0 Å². The van der Waals surface area contributed by atoms with Crippen LogP contribution in [-0.4, -0.2) is 66.5 Å². The van der Waals surface area contributed by atoms with Gasteiger partial charge in [0, 0.05) is 19.3 Å². The Hall–Kier alpha value is -4.12. The molecular formula is C68H113O11P. The average Bonchev–Trinajstić information content (AvgIpc) is 3.45. The Morgan fingerprint density at radius 1 is 0.350 bits per heavy atom. The Morgan fingerprint density at radius 3 is 0.938 bits per heavy atom. The minimum atomic E-state index is -4.77. The van der Waals surface area contributed by atoms with Gasteiger partial charge in [0.05, 0.1) is 19.8 Å². The van der Waals surface area contributed by atoms with Crippen LogP contribution < -0.4 is 0 Å². The van der Waals surface area contributed by atoms with E-state index in [2.05, 4.69) is 142 Å². The molecule has 2 N–H and O–H groups in total. The van der Waals surface area contributed by atoms with Gasteiger partial charge in [0.15, 0.2) is 6.10 Å². The molecule has 0 aliphatic rings. The summed E-state index contributed by atoms with van der Waals surface area (Å²) in [6, 6.07) is 0.